The minimum atomic E-state index is -4.47. The number of aliphatic hydroxyl groups is 1. The number of rotatable bonds is 7. The number of hydrogen-bond acceptors (Lipinski definition) is 6. The number of carbonyl (C=O) groups is 1. The van der Waals surface area contributed by atoms with E-state index in [9.17, 15) is 23.1 Å². The van der Waals surface area contributed by atoms with E-state index in [-0.39, 0.29) is 11.3 Å². The molecule has 3 atom stereocenters. The van der Waals surface area contributed by atoms with Crippen LogP contribution in [0.15, 0.2) is 53.6 Å². The molecule has 1 heterocycles. The number of hydrogen-bond donors (Lipinski definition) is 3. The molecule has 1 aliphatic rings. The van der Waals surface area contributed by atoms with Crippen LogP contribution in [0.2, 0.25) is 0 Å². The molecule has 3 unspecified atom stereocenters. The van der Waals surface area contributed by atoms with Gasteiger partial charge in [0.15, 0.2) is 6.23 Å². The highest BCUT2D eigenvalue weighted by Gasteiger charge is 2.34. The lowest BCUT2D eigenvalue weighted by atomic mass is 9.95. The van der Waals surface area contributed by atoms with Crippen LogP contribution in [0.5, 0.6) is 5.75 Å². The summed E-state index contributed by atoms with van der Waals surface area (Å²) in [7, 11) is 1.65. The fourth-order valence-corrected chi connectivity index (χ4v) is 3.44. The number of benzene rings is 2. The zero-order valence-electron chi connectivity index (χ0n) is 19.5. The molecule has 1 aliphatic heterocycles. The number of aromatic carboxylic acids is 1. The minimum Gasteiger partial charge on any atom is -0.478 e. The Kier molecular flexibility index (Phi) is 9.46. The summed E-state index contributed by atoms with van der Waals surface area (Å²) in [4.78, 5) is 10.9. The number of alkyl halides is 3. The van der Waals surface area contributed by atoms with Crippen molar-refractivity contribution in [2.24, 2.45) is 11.0 Å². The van der Waals surface area contributed by atoms with E-state index in [1.54, 1.807) is 26.1 Å². The molecule has 0 saturated heterocycles. The molecule has 0 saturated carbocycles. The molecule has 0 aliphatic carbocycles. The summed E-state index contributed by atoms with van der Waals surface area (Å²) >= 11 is 0. The third kappa shape index (κ3) is 7.19. The van der Waals surface area contributed by atoms with Gasteiger partial charge in [0.05, 0.1) is 11.1 Å². The number of carboxylic acids is 1. The van der Waals surface area contributed by atoms with Gasteiger partial charge >= 0.3 is 12.1 Å². The summed E-state index contributed by atoms with van der Waals surface area (Å²) in [6.45, 7) is 6.05. The molecular weight excluding hydrogens is 451 g/mol. The van der Waals surface area contributed by atoms with Crippen molar-refractivity contribution in [2.75, 3.05) is 7.05 Å². The number of aliphatic hydroxyl groups excluding tert-OH is 1. The summed E-state index contributed by atoms with van der Waals surface area (Å²) in [5, 5.41) is 28.5. The highest BCUT2D eigenvalue weighted by molar-refractivity contribution is 5.87. The van der Waals surface area contributed by atoms with E-state index in [1.807, 2.05) is 13.8 Å². The van der Waals surface area contributed by atoms with Crippen molar-refractivity contribution in [3.63, 3.8) is 0 Å². The smallest absolute Gasteiger partial charge is 0.416 e. The molecule has 10 heteroatoms. The van der Waals surface area contributed by atoms with E-state index < -0.39 is 36.1 Å². The van der Waals surface area contributed by atoms with Gasteiger partial charge < -0.3 is 14.9 Å². The van der Waals surface area contributed by atoms with Crippen molar-refractivity contribution in [1.82, 2.24) is 10.3 Å². The van der Waals surface area contributed by atoms with Crippen LogP contribution < -0.4 is 10.1 Å². The van der Waals surface area contributed by atoms with Crippen molar-refractivity contribution in [3.8, 4) is 5.75 Å². The summed E-state index contributed by atoms with van der Waals surface area (Å²) in [6, 6.07) is 10.9. The summed E-state index contributed by atoms with van der Waals surface area (Å²) in [5.74, 6) is -1.39. The molecule has 2 aromatic rings. The van der Waals surface area contributed by atoms with Crippen LogP contribution in [0.1, 0.15) is 48.7 Å². The van der Waals surface area contributed by atoms with Crippen LogP contribution in [-0.4, -0.2) is 46.4 Å². The average Bonchev–Trinajstić information content (AvgIpc) is 2.80. The van der Waals surface area contributed by atoms with Gasteiger partial charge in [0.25, 0.3) is 0 Å². The van der Waals surface area contributed by atoms with Crippen molar-refractivity contribution in [2.45, 2.75) is 52.4 Å². The zero-order chi connectivity index (χ0) is 25.5. The van der Waals surface area contributed by atoms with Crippen molar-refractivity contribution < 1.29 is 32.9 Å². The minimum absolute atomic E-state index is 0.0612. The highest BCUT2D eigenvalue weighted by atomic mass is 19.4. The van der Waals surface area contributed by atoms with Gasteiger partial charge in [-0.1, -0.05) is 32.0 Å². The molecular formula is C24H30F3N3O4. The van der Waals surface area contributed by atoms with E-state index in [0.717, 1.165) is 17.7 Å². The Balaban J connectivity index is 0.00000199. The lowest BCUT2D eigenvalue weighted by Crippen LogP contribution is -2.48. The van der Waals surface area contributed by atoms with Crippen LogP contribution in [0, 0.1) is 5.92 Å². The molecule has 7 nitrogen and oxygen atoms in total. The van der Waals surface area contributed by atoms with Crippen LogP contribution in [0.3, 0.4) is 0 Å². The van der Waals surface area contributed by atoms with Gasteiger partial charge in [-0.25, -0.2) is 4.79 Å². The fraction of sp³-hybridized carbons (Fsp3) is 0.417. The van der Waals surface area contributed by atoms with E-state index in [1.165, 1.54) is 29.3 Å². The third-order valence-electron chi connectivity index (χ3n) is 5.26. The van der Waals surface area contributed by atoms with E-state index >= 15 is 0 Å². The Bertz CT molecular complexity index is 980. The zero-order valence-corrected chi connectivity index (χ0v) is 19.5. The van der Waals surface area contributed by atoms with E-state index in [4.69, 9.17) is 9.84 Å². The molecule has 3 N–H and O–H groups in total. The maximum atomic E-state index is 13.0. The molecule has 3 rings (SSSR count). The molecule has 2 aromatic carbocycles. The topological polar surface area (TPSA) is 94.4 Å². The maximum Gasteiger partial charge on any atom is 0.416 e. The first-order chi connectivity index (χ1) is 16.0. The standard InChI is InChI=1S/C22H24F3N3O4.C2H6/c1-13-18(20(29)26-12-14-6-8-15(9-7-14)21(30)31)11-19(28(2)27-13)32-17-5-3-4-16(10-17)22(23,24)25;1-2/h3-10,18-20,26,29H,11-12H2,1-2H3,(H,30,31);1-2H3. The number of nitrogens with zero attached hydrogens (tertiary/aromatic N) is 2. The average molecular weight is 482 g/mol. The molecule has 0 amide bonds. The van der Waals surface area contributed by atoms with Crippen molar-refractivity contribution in [3.05, 3.63) is 65.2 Å². The van der Waals surface area contributed by atoms with Crippen LogP contribution >= 0.6 is 0 Å². The lowest BCUT2D eigenvalue weighted by Gasteiger charge is -2.36. The first-order valence-corrected chi connectivity index (χ1v) is 10.9. The Hall–Kier alpha value is -3.11. The van der Waals surface area contributed by atoms with Gasteiger partial charge in [0.2, 0.25) is 0 Å². The van der Waals surface area contributed by atoms with Crippen molar-refractivity contribution in [1.29, 1.82) is 0 Å². The first kappa shape index (κ1) is 27.1. The van der Waals surface area contributed by atoms with Gasteiger partial charge in [-0.2, -0.15) is 18.3 Å². The second-order valence-corrected chi connectivity index (χ2v) is 7.58. The predicted octanol–water partition coefficient (Wildman–Crippen LogP) is 4.57. The Morgan fingerprint density at radius 3 is 2.47 bits per heavy atom. The maximum absolute atomic E-state index is 13.0. The monoisotopic (exact) mass is 481 g/mol. The predicted molar refractivity (Wildman–Crippen MR) is 122 cm³/mol. The van der Waals surface area contributed by atoms with Gasteiger partial charge in [-0.15, -0.1) is 0 Å². The third-order valence-corrected chi connectivity index (χ3v) is 5.26. The number of nitrogens with one attached hydrogen (secondary N) is 1. The van der Waals surface area contributed by atoms with Gasteiger partial charge in [0.1, 0.15) is 12.0 Å². The summed E-state index contributed by atoms with van der Waals surface area (Å²) in [5.41, 5.74) is 0.799. The van der Waals surface area contributed by atoms with E-state index in [2.05, 4.69) is 10.4 Å². The SMILES string of the molecule is CC.CC1=NN(C)C(Oc2cccc(C(F)(F)F)c2)CC1C(O)NCc1ccc(C(=O)O)cc1. The normalized spacial score (nSPS) is 18.9. The second kappa shape index (κ2) is 11.8. The van der Waals surface area contributed by atoms with Crippen molar-refractivity contribution >= 4 is 11.7 Å². The summed E-state index contributed by atoms with van der Waals surface area (Å²) in [6.07, 6.45) is -5.83. The van der Waals surface area contributed by atoms with Gasteiger partial charge in [-0.3, -0.25) is 10.3 Å². The number of hydrazone groups is 1. The molecule has 186 valence electrons. The lowest BCUT2D eigenvalue weighted by molar-refractivity contribution is -0.137. The molecule has 34 heavy (non-hydrogen) atoms. The quantitative estimate of drug-likeness (QED) is 0.502. The first-order valence-electron chi connectivity index (χ1n) is 10.9. The highest BCUT2D eigenvalue weighted by Crippen LogP contribution is 2.32. The van der Waals surface area contributed by atoms with Crippen LogP contribution in [0.25, 0.3) is 0 Å². The molecule has 0 aromatic heterocycles. The molecule has 0 fully saturated rings. The fourth-order valence-electron chi connectivity index (χ4n) is 3.44. The molecule has 0 spiro atoms. The number of ether oxygens (including phenoxy) is 1. The van der Waals surface area contributed by atoms with Gasteiger partial charge in [0, 0.05) is 31.6 Å². The Morgan fingerprint density at radius 2 is 1.88 bits per heavy atom. The van der Waals surface area contributed by atoms with Crippen LogP contribution in [0.4, 0.5) is 13.2 Å². The van der Waals surface area contributed by atoms with Gasteiger partial charge in [-0.05, 0) is 42.8 Å². The Morgan fingerprint density at radius 1 is 1.24 bits per heavy atom. The largest absolute Gasteiger partial charge is 0.478 e. The number of halogens is 3. The van der Waals surface area contributed by atoms with E-state index in [0.29, 0.717) is 18.7 Å². The second-order valence-electron chi connectivity index (χ2n) is 7.58. The molecule has 0 radical (unpaired) electrons. The van der Waals surface area contributed by atoms with Crippen LogP contribution in [-0.2, 0) is 12.7 Å². The summed E-state index contributed by atoms with van der Waals surface area (Å²) < 4.78 is 44.7. The number of carboxylic acid groups (broad SMARTS) is 1. The molecule has 0 bridgehead atoms. The Labute approximate surface area is 196 Å².